The fraction of sp³-hybridized carbons (Fsp3) is 0.636. The summed E-state index contributed by atoms with van der Waals surface area (Å²) in [7, 11) is 2.04. The van der Waals surface area contributed by atoms with Crippen LogP contribution < -0.4 is 10.2 Å². The zero-order valence-electron chi connectivity index (χ0n) is 9.40. The monoisotopic (exact) mass is 206 g/mol. The Hall–Kier alpha value is -1.16. The molecule has 0 bridgehead atoms. The van der Waals surface area contributed by atoms with Gasteiger partial charge in [-0.3, -0.25) is 0 Å². The van der Waals surface area contributed by atoms with Crippen LogP contribution in [0.5, 0.6) is 0 Å². The Kier molecular flexibility index (Phi) is 3.16. The van der Waals surface area contributed by atoms with Crippen molar-refractivity contribution in [3.63, 3.8) is 0 Å². The molecule has 4 heteroatoms. The second-order valence-electron chi connectivity index (χ2n) is 4.07. The largest absolute Gasteiger partial charge is 0.356 e. The number of aryl methyl sites for hydroxylation is 1. The first-order valence-corrected chi connectivity index (χ1v) is 5.50. The van der Waals surface area contributed by atoms with Gasteiger partial charge in [-0.1, -0.05) is 0 Å². The molecule has 0 aliphatic carbocycles. The van der Waals surface area contributed by atoms with E-state index >= 15 is 0 Å². The second-order valence-corrected chi connectivity index (χ2v) is 4.07. The Morgan fingerprint density at radius 3 is 2.67 bits per heavy atom. The number of nitrogens with zero attached hydrogens (tertiary/aromatic N) is 3. The molecule has 0 aromatic carbocycles. The van der Waals surface area contributed by atoms with Gasteiger partial charge in [-0.25, -0.2) is 9.97 Å². The smallest absolute Gasteiger partial charge is 0.132 e. The lowest BCUT2D eigenvalue weighted by Crippen LogP contribution is -2.41. The predicted octanol–water partition coefficient (Wildman–Crippen LogP) is 0.973. The quantitative estimate of drug-likeness (QED) is 0.783. The summed E-state index contributed by atoms with van der Waals surface area (Å²) in [6.07, 6.45) is 4.04. The van der Waals surface area contributed by atoms with Crippen molar-refractivity contribution in [2.75, 3.05) is 25.0 Å². The number of piperidine rings is 1. The van der Waals surface area contributed by atoms with Gasteiger partial charge in [0.25, 0.3) is 0 Å². The summed E-state index contributed by atoms with van der Waals surface area (Å²) < 4.78 is 0. The topological polar surface area (TPSA) is 41.0 Å². The van der Waals surface area contributed by atoms with Crippen molar-refractivity contribution < 1.29 is 0 Å². The third-order valence-corrected chi connectivity index (χ3v) is 3.02. The summed E-state index contributed by atoms with van der Waals surface area (Å²) in [4.78, 5) is 10.8. The second kappa shape index (κ2) is 4.57. The predicted molar refractivity (Wildman–Crippen MR) is 61.1 cm³/mol. The molecule has 2 heterocycles. The van der Waals surface area contributed by atoms with E-state index in [0.29, 0.717) is 6.04 Å². The highest BCUT2D eigenvalue weighted by molar-refractivity contribution is 5.39. The fourth-order valence-electron chi connectivity index (χ4n) is 2.01. The van der Waals surface area contributed by atoms with Crippen molar-refractivity contribution in [1.29, 1.82) is 0 Å². The van der Waals surface area contributed by atoms with E-state index in [0.717, 1.165) is 24.6 Å². The van der Waals surface area contributed by atoms with Crippen molar-refractivity contribution in [2.45, 2.75) is 25.8 Å². The van der Waals surface area contributed by atoms with Crippen molar-refractivity contribution in [3.05, 3.63) is 18.1 Å². The van der Waals surface area contributed by atoms with Crippen molar-refractivity contribution in [3.8, 4) is 0 Å². The van der Waals surface area contributed by atoms with E-state index in [1.54, 1.807) is 6.33 Å². The first-order valence-electron chi connectivity index (χ1n) is 5.50. The molecule has 0 radical (unpaired) electrons. The van der Waals surface area contributed by atoms with Crippen LogP contribution in [0, 0.1) is 6.92 Å². The number of anilines is 1. The first kappa shape index (κ1) is 10.4. The van der Waals surface area contributed by atoms with Gasteiger partial charge in [0.15, 0.2) is 0 Å². The van der Waals surface area contributed by atoms with E-state index in [-0.39, 0.29) is 0 Å². The molecule has 1 aliphatic rings. The van der Waals surface area contributed by atoms with E-state index in [1.807, 2.05) is 14.0 Å². The molecular weight excluding hydrogens is 188 g/mol. The normalized spacial score (nSPS) is 18.1. The summed E-state index contributed by atoms with van der Waals surface area (Å²) in [5.74, 6) is 1.07. The van der Waals surface area contributed by atoms with Crippen LogP contribution in [-0.4, -0.2) is 36.1 Å². The highest BCUT2D eigenvalue weighted by atomic mass is 15.2. The number of hydrogen-bond donors (Lipinski definition) is 1. The zero-order chi connectivity index (χ0) is 10.7. The molecule has 0 saturated carbocycles. The van der Waals surface area contributed by atoms with Crippen LogP contribution in [0.4, 0.5) is 5.82 Å². The van der Waals surface area contributed by atoms with Crippen LogP contribution in [0.3, 0.4) is 0 Å². The Bertz CT molecular complexity index is 318. The lowest BCUT2D eigenvalue weighted by Gasteiger charge is -2.32. The Labute approximate surface area is 90.7 Å². The molecule has 1 aromatic heterocycles. The third-order valence-electron chi connectivity index (χ3n) is 3.02. The summed E-state index contributed by atoms with van der Waals surface area (Å²) >= 11 is 0. The maximum Gasteiger partial charge on any atom is 0.132 e. The minimum atomic E-state index is 0.671. The highest BCUT2D eigenvalue weighted by Crippen LogP contribution is 2.17. The van der Waals surface area contributed by atoms with Gasteiger partial charge in [0.05, 0.1) is 0 Å². The van der Waals surface area contributed by atoms with Gasteiger partial charge in [0.2, 0.25) is 0 Å². The zero-order valence-corrected chi connectivity index (χ0v) is 9.40. The van der Waals surface area contributed by atoms with Crippen molar-refractivity contribution in [1.82, 2.24) is 15.3 Å². The van der Waals surface area contributed by atoms with Gasteiger partial charge >= 0.3 is 0 Å². The highest BCUT2D eigenvalue weighted by Gasteiger charge is 2.18. The van der Waals surface area contributed by atoms with Crippen LogP contribution in [0.25, 0.3) is 0 Å². The third kappa shape index (κ3) is 2.45. The minimum absolute atomic E-state index is 0.671. The van der Waals surface area contributed by atoms with Crippen LogP contribution in [-0.2, 0) is 0 Å². The molecular formula is C11H18N4. The Balaban J connectivity index is 2.01. The first-order chi connectivity index (χ1) is 7.29. The molecule has 1 N–H and O–H groups in total. The van der Waals surface area contributed by atoms with Crippen LogP contribution in [0.2, 0.25) is 0 Å². The van der Waals surface area contributed by atoms with Gasteiger partial charge in [0, 0.05) is 30.9 Å². The lowest BCUT2D eigenvalue weighted by molar-refractivity contribution is 0.440. The summed E-state index contributed by atoms with van der Waals surface area (Å²) in [6, 6.07) is 2.73. The number of nitrogens with one attached hydrogen (secondary N) is 1. The molecule has 1 aliphatic heterocycles. The molecule has 0 atom stereocenters. The summed E-state index contributed by atoms with van der Waals surface area (Å²) in [5, 5.41) is 3.33. The van der Waals surface area contributed by atoms with Gasteiger partial charge in [-0.2, -0.15) is 0 Å². The molecule has 82 valence electrons. The molecule has 1 fully saturated rings. The molecule has 1 saturated heterocycles. The van der Waals surface area contributed by atoms with Crippen LogP contribution in [0.15, 0.2) is 12.4 Å². The minimum Gasteiger partial charge on any atom is -0.356 e. The van der Waals surface area contributed by atoms with Crippen LogP contribution in [0.1, 0.15) is 18.5 Å². The lowest BCUT2D eigenvalue weighted by atomic mass is 10.1. The van der Waals surface area contributed by atoms with E-state index < -0.39 is 0 Å². The van der Waals surface area contributed by atoms with E-state index in [4.69, 9.17) is 0 Å². The molecule has 15 heavy (non-hydrogen) atoms. The maximum absolute atomic E-state index is 4.31. The fourth-order valence-corrected chi connectivity index (χ4v) is 2.01. The van der Waals surface area contributed by atoms with E-state index in [1.165, 1.54) is 12.8 Å². The average molecular weight is 206 g/mol. The van der Waals surface area contributed by atoms with E-state index in [9.17, 15) is 0 Å². The Morgan fingerprint density at radius 1 is 1.33 bits per heavy atom. The molecule has 4 nitrogen and oxygen atoms in total. The van der Waals surface area contributed by atoms with Gasteiger partial charge in [0.1, 0.15) is 12.1 Å². The SMILES string of the molecule is CNC1CCN(c2cc(C)ncn2)CC1. The summed E-state index contributed by atoms with van der Waals surface area (Å²) in [5.41, 5.74) is 1.04. The van der Waals surface area contributed by atoms with Crippen molar-refractivity contribution in [2.24, 2.45) is 0 Å². The van der Waals surface area contributed by atoms with Gasteiger partial charge < -0.3 is 10.2 Å². The average Bonchev–Trinajstić information content (AvgIpc) is 2.29. The van der Waals surface area contributed by atoms with E-state index in [2.05, 4.69) is 26.3 Å². The Morgan fingerprint density at radius 2 is 2.07 bits per heavy atom. The maximum atomic E-state index is 4.31. The molecule has 2 rings (SSSR count). The van der Waals surface area contributed by atoms with Gasteiger partial charge in [-0.15, -0.1) is 0 Å². The van der Waals surface area contributed by atoms with Gasteiger partial charge in [-0.05, 0) is 26.8 Å². The summed E-state index contributed by atoms with van der Waals surface area (Å²) in [6.45, 7) is 4.18. The molecule has 0 amide bonds. The number of rotatable bonds is 2. The molecule has 0 unspecified atom stereocenters. The standard InChI is InChI=1S/C11H18N4/c1-9-7-11(14-8-13-9)15-5-3-10(12-2)4-6-15/h7-8,10,12H,3-6H2,1-2H3. The number of aromatic nitrogens is 2. The molecule has 0 spiro atoms. The molecule has 1 aromatic rings. The number of hydrogen-bond acceptors (Lipinski definition) is 4. The van der Waals surface area contributed by atoms with Crippen molar-refractivity contribution >= 4 is 5.82 Å². The van der Waals surface area contributed by atoms with Crippen LogP contribution >= 0.6 is 0 Å².